The second-order valence-electron chi connectivity index (χ2n) is 12.4. The van der Waals surface area contributed by atoms with Crippen LogP contribution in [-0.4, -0.2) is 50.4 Å². The van der Waals surface area contributed by atoms with Crippen LogP contribution in [0.1, 0.15) is 28.7 Å². The van der Waals surface area contributed by atoms with Gasteiger partial charge in [0.25, 0.3) is 5.91 Å². The Labute approximate surface area is 305 Å². The molecule has 0 aliphatic heterocycles. The van der Waals surface area contributed by atoms with Gasteiger partial charge in [-0.25, -0.2) is 14.4 Å². The molecule has 270 valence electrons. The number of nitrogens with zero attached hydrogens (tertiary/aromatic N) is 2. The molecular formula is C40H38ClFN2O8. The van der Waals surface area contributed by atoms with Crippen LogP contribution in [0.15, 0.2) is 91.0 Å². The van der Waals surface area contributed by atoms with Gasteiger partial charge in [-0.3, -0.25) is 14.4 Å². The predicted octanol–water partition coefficient (Wildman–Crippen LogP) is 7.51. The first-order chi connectivity index (χ1) is 25.2. The number of methoxy groups -OCH3 is 4. The minimum absolute atomic E-state index is 0.0224. The summed E-state index contributed by atoms with van der Waals surface area (Å²) in [6.45, 7) is 0.155. The van der Waals surface area contributed by atoms with Crippen molar-refractivity contribution in [2.24, 2.45) is 11.3 Å². The highest BCUT2D eigenvalue weighted by molar-refractivity contribution is 6.29. The van der Waals surface area contributed by atoms with Gasteiger partial charge in [0.05, 0.1) is 51.8 Å². The van der Waals surface area contributed by atoms with Crippen molar-refractivity contribution in [2.75, 3.05) is 28.4 Å². The summed E-state index contributed by atoms with van der Waals surface area (Å²) in [5.74, 6) is -0.579. The van der Waals surface area contributed by atoms with Crippen LogP contribution in [0.2, 0.25) is 5.15 Å². The first-order valence-electron chi connectivity index (χ1n) is 16.5. The van der Waals surface area contributed by atoms with Gasteiger partial charge >= 0.3 is 5.97 Å². The number of amides is 1. The third kappa shape index (κ3) is 7.90. The molecule has 1 aliphatic rings. The van der Waals surface area contributed by atoms with Gasteiger partial charge in [-0.15, -0.1) is 0 Å². The quantitative estimate of drug-likeness (QED) is 0.0615. The van der Waals surface area contributed by atoms with Crippen LogP contribution in [-0.2, 0) is 45.3 Å². The maximum atomic E-state index is 15.5. The van der Waals surface area contributed by atoms with Crippen molar-refractivity contribution in [3.05, 3.63) is 124 Å². The summed E-state index contributed by atoms with van der Waals surface area (Å²) in [4.78, 5) is 38.0. The van der Waals surface area contributed by atoms with Gasteiger partial charge in [-0.05, 0) is 72.5 Å². The summed E-state index contributed by atoms with van der Waals surface area (Å²) < 4.78 is 42.7. The van der Waals surface area contributed by atoms with Crippen LogP contribution in [0.3, 0.4) is 0 Å². The van der Waals surface area contributed by atoms with Crippen LogP contribution in [0.4, 0.5) is 4.39 Å². The Hall–Kier alpha value is -5.39. The third-order valence-electron chi connectivity index (χ3n) is 9.24. The monoisotopic (exact) mass is 728 g/mol. The molecular weight excluding hydrogens is 691 g/mol. The van der Waals surface area contributed by atoms with Gasteiger partial charge in [0.15, 0.2) is 11.6 Å². The van der Waals surface area contributed by atoms with Crippen LogP contribution in [0.25, 0.3) is 10.9 Å². The molecule has 1 heterocycles. The zero-order valence-electron chi connectivity index (χ0n) is 29.2. The summed E-state index contributed by atoms with van der Waals surface area (Å²) in [6, 6.07) is 26.2. The zero-order chi connectivity index (χ0) is 36.8. The molecule has 4 aromatic carbocycles. The van der Waals surface area contributed by atoms with Gasteiger partial charge in [0.1, 0.15) is 35.6 Å². The molecule has 1 unspecified atom stereocenters. The lowest BCUT2D eigenvalue weighted by Crippen LogP contribution is -2.36. The Bertz CT molecular complexity index is 2080. The van der Waals surface area contributed by atoms with Crippen LogP contribution < -0.4 is 18.9 Å². The second kappa shape index (κ2) is 15.9. The highest BCUT2D eigenvalue weighted by Crippen LogP contribution is 2.57. The predicted molar refractivity (Wildman–Crippen MR) is 192 cm³/mol. The van der Waals surface area contributed by atoms with E-state index in [9.17, 15) is 9.59 Å². The average molecular weight is 729 g/mol. The molecule has 6 rings (SSSR count). The number of hydroxylamine groups is 2. The third-order valence-corrected chi connectivity index (χ3v) is 9.43. The molecule has 1 aliphatic carbocycles. The van der Waals surface area contributed by atoms with E-state index in [2.05, 4.69) is 4.98 Å². The number of carbonyl (C=O) groups excluding carboxylic acids is 2. The van der Waals surface area contributed by atoms with E-state index >= 15 is 4.39 Å². The largest absolute Gasteiger partial charge is 0.497 e. The van der Waals surface area contributed by atoms with Crippen molar-refractivity contribution in [3.63, 3.8) is 0 Å². The van der Waals surface area contributed by atoms with E-state index in [-0.39, 0.29) is 38.3 Å². The van der Waals surface area contributed by atoms with Gasteiger partial charge < -0.3 is 23.7 Å². The SMILES string of the molecule is COC(=O)[C@@]1(Cc2ccc(OCc3cc(Cl)nc4ccccc34)c(F)c2)CC1C(=O)N(Cc1ccc(OC)cc1OC)OCc1ccc(OC)cc1. The summed E-state index contributed by atoms with van der Waals surface area (Å²) >= 11 is 6.21. The summed E-state index contributed by atoms with van der Waals surface area (Å²) in [6.07, 6.45) is 0.256. The Morgan fingerprint density at radius 1 is 0.827 bits per heavy atom. The maximum Gasteiger partial charge on any atom is 0.312 e. The summed E-state index contributed by atoms with van der Waals surface area (Å²) in [5.41, 5.74) is 2.21. The molecule has 12 heteroatoms. The molecule has 1 fully saturated rings. The van der Waals surface area contributed by atoms with E-state index in [0.29, 0.717) is 39.0 Å². The number of ether oxygens (including phenoxy) is 5. The lowest BCUT2D eigenvalue weighted by molar-refractivity contribution is -0.198. The molecule has 52 heavy (non-hydrogen) atoms. The highest BCUT2D eigenvalue weighted by Gasteiger charge is 2.65. The summed E-state index contributed by atoms with van der Waals surface area (Å²) in [5, 5.41) is 2.40. The number of rotatable bonds is 15. The van der Waals surface area contributed by atoms with Crippen molar-refractivity contribution in [1.29, 1.82) is 0 Å². The van der Waals surface area contributed by atoms with Crippen LogP contribution in [0, 0.1) is 17.2 Å². The van der Waals surface area contributed by atoms with Gasteiger partial charge in [-0.1, -0.05) is 48.0 Å². The standard InChI is InChI=1S/C40H38ClFN2O8/c1-47-29-13-9-25(10-14-29)23-52-44(22-27-12-15-30(48-2)19-36(27)49-3)38(45)32-21-40(32,39(46)50-4)20-26-11-16-35(33(42)17-26)51-24-28-18-37(41)43-34-8-6-5-7-31(28)34/h5-19,32H,20-24H2,1-4H3/t32?,40-/m0/s1. The van der Waals surface area contributed by atoms with Crippen molar-refractivity contribution >= 4 is 34.4 Å². The van der Waals surface area contributed by atoms with E-state index in [1.54, 1.807) is 56.7 Å². The fraction of sp³-hybridized carbons (Fsp3) is 0.275. The molecule has 2 atom stereocenters. The summed E-state index contributed by atoms with van der Waals surface area (Å²) in [7, 11) is 5.93. The Morgan fingerprint density at radius 3 is 2.27 bits per heavy atom. The van der Waals surface area contributed by atoms with E-state index in [0.717, 1.165) is 16.5 Å². The number of hydrogen-bond acceptors (Lipinski definition) is 9. The van der Waals surface area contributed by atoms with Crippen LogP contribution >= 0.6 is 11.6 Å². The lowest BCUT2D eigenvalue weighted by atomic mass is 9.93. The Morgan fingerprint density at radius 2 is 1.56 bits per heavy atom. The first kappa shape index (κ1) is 36.4. The molecule has 0 N–H and O–H groups in total. The molecule has 0 bridgehead atoms. The zero-order valence-corrected chi connectivity index (χ0v) is 29.9. The molecule has 0 saturated heterocycles. The van der Waals surface area contributed by atoms with E-state index in [1.807, 2.05) is 36.4 Å². The number of halogens is 2. The number of esters is 1. The second-order valence-corrected chi connectivity index (χ2v) is 12.8. The smallest absolute Gasteiger partial charge is 0.312 e. The molecule has 10 nitrogen and oxygen atoms in total. The Balaban J connectivity index is 1.21. The number of hydrogen-bond donors (Lipinski definition) is 0. The average Bonchev–Trinajstić information content (AvgIpc) is 3.90. The fourth-order valence-corrected chi connectivity index (χ4v) is 6.54. The van der Waals surface area contributed by atoms with Gasteiger partial charge in [-0.2, -0.15) is 0 Å². The topological polar surface area (TPSA) is 106 Å². The maximum absolute atomic E-state index is 15.5. The van der Waals surface area contributed by atoms with Gasteiger partial charge in [0.2, 0.25) is 0 Å². The minimum atomic E-state index is -1.22. The van der Waals surface area contributed by atoms with E-state index < -0.39 is 29.0 Å². The number of para-hydroxylation sites is 1. The molecule has 5 aromatic rings. The van der Waals surface area contributed by atoms with Crippen molar-refractivity contribution < 1.29 is 42.5 Å². The lowest BCUT2D eigenvalue weighted by Gasteiger charge is -2.25. The minimum Gasteiger partial charge on any atom is -0.497 e. The van der Waals surface area contributed by atoms with E-state index in [1.165, 1.54) is 31.4 Å². The molecule has 0 radical (unpaired) electrons. The number of pyridine rings is 1. The van der Waals surface area contributed by atoms with Crippen molar-refractivity contribution in [2.45, 2.75) is 32.6 Å². The van der Waals surface area contributed by atoms with Crippen molar-refractivity contribution in [1.82, 2.24) is 10.0 Å². The molecule has 1 saturated carbocycles. The normalized spacial score (nSPS) is 16.2. The number of benzene rings is 4. The number of carbonyl (C=O) groups is 2. The number of aromatic nitrogens is 1. The molecule has 1 amide bonds. The molecule has 0 spiro atoms. The highest BCUT2D eigenvalue weighted by atomic mass is 35.5. The Kier molecular flexibility index (Phi) is 11.1. The van der Waals surface area contributed by atoms with Crippen molar-refractivity contribution in [3.8, 4) is 23.0 Å². The molecule has 1 aromatic heterocycles. The van der Waals surface area contributed by atoms with Crippen LogP contribution in [0.5, 0.6) is 23.0 Å². The fourth-order valence-electron chi connectivity index (χ4n) is 6.32. The number of fused-ring (bicyclic) bond motifs is 1. The van der Waals surface area contributed by atoms with Gasteiger partial charge in [0, 0.05) is 22.6 Å². The first-order valence-corrected chi connectivity index (χ1v) is 16.9. The van der Waals surface area contributed by atoms with E-state index in [4.69, 9.17) is 40.1 Å².